The number of methoxy groups -OCH3 is 1. The highest BCUT2D eigenvalue weighted by Gasteiger charge is 2.21. The van der Waals surface area contributed by atoms with Crippen molar-refractivity contribution in [1.82, 2.24) is 0 Å². The molecule has 0 saturated carbocycles. The van der Waals surface area contributed by atoms with Crippen molar-refractivity contribution in [1.29, 1.82) is 5.26 Å². The summed E-state index contributed by atoms with van der Waals surface area (Å²) in [7, 11) is -2.33. The number of aryl methyl sites for hydroxylation is 1. The first-order valence-corrected chi connectivity index (χ1v) is 7.54. The van der Waals surface area contributed by atoms with Crippen molar-refractivity contribution in [3.63, 3.8) is 0 Å². The zero-order chi connectivity index (χ0) is 15.6. The van der Waals surface area contributed by atoms with Gasteiger partial charge < -0.3 is 9.15 Å². The van der Waals surface area contributed by atoms with Crippen LogP contribution in [0.3, 0.4) is 0 Å². The number of nitriles is 1. The SMILES string of the molecule is COc1ccc(S(=O)(=O)Nc2oc(C)c(C)c2C#N)cc1. The Morgan fingerprint density at radius 1 is 1.24 bits per heavy atom. The van der Waals surface area contributed by atoms with Crippen LogP contribution < -0.4 is 9.46 Å². The molecule has 0 amide bonds. The monoisotopic (exact) mass is 306 g/mol. The molecule has 0 bridgehead atoms. The highest BCUT2D eigenvalue weighted by Crippen LogP contribution is 2.27. The Kier molecular flexibility index (Phi) is 3.91. The predicted octanol–water partition coefficient (Wildman–Crippen LogP) is 2.58. The zero-order valence-electron chi connectivity index (χ0n) is 11.8. The lowest BCUT2D eigenvalue weighted by atomic mass is 10.2. The van der Waals surface area contributed by atoms with Crippen LogP contribution in [0.15, 0.2) is 33.6 Å². The molecular weight excluding hydrogens is 292 g/mol. The Morgan fingerprint density at radius 2 is 1.86 bits per heavy atom. The van der Waals surface area contributed by atoms with Crippen LogP contribution in [0.4, 0.5) is 5.88 Å². The lowest BCUT2D eigenvalue weighted by Gasteiger charge is -2.06. The lowest BCUT2D eigenvalue weighted by molar-refractivity contribution is 0.414. The maximum Gasteiger partial charge on any atom is 0.264 e. The van der Waals surface area contributed by atoms with Crippen LogP contribution in [0.2, 0.25) is 0 Å². The van der Waals surface area contributed by atoms with E-state index in [1.54, 1.807) is 26.0 Å². The minimum absolute atomic E-state index is 0.0545. The van der Waals surface area contributed by atoms with Gasteiger partial charge in [-0.05, 0) is 38.1 Å². The topological polar surface area (TPSA) is 92.3 Å². The Hall–Kier alpha value is -2.46. The van der Waals surface area contributed by atoms with Crippen LogP contribution in [-0.4, -0.2) is 15.5 Å². The van der Waals surface area contributed by atoms with E-state index in [9.17, 15) is 8.42 Å². The molecule has 1 N–H and O–H groups in total. The normalized spacial score (nSPS) is 11.0. The van der Waals surface area contributed by atoms with Gasteiger partial charge in [-0.1, -0.05) is 0 Å². The summed E-state index contributed by atoms with van der Waals surface area (Å²) in [5, 5.41) is 9.09. The van der Waals surface area contributed by atoms with Gasteiger partial charge in [-0.3, -0.25) is 0 Å². The highest BCUT2D eigenvalue weighted by atomic mass is 32.2. The van der Waals surface area contributed by atoms with Crippen molar-refractivity contribution in [2.75, 3.05) is 11.8 Å². The molecule has 0 aliphatic heterocycles. The largest absolute Gasteiger partial charge is 0.497 e. The molecule has 21 heavy (non-hydrogen) atoms. The second-order valence-corrected chi connectivity index (χ2v) is 6.06. The van der Waals surface area contributed by atoms with Crippen molar-refractivity contribution in [2.45, 2.75) is 18.7 Å². The number of hydrogen-bond acceptors (Lipinski definition) is 5. The molecule has 6 nitrogen and oxygen atoms in total. The molecule has 0 atom stereocenters. The van der Waals surface area contributed by atoms with Gasteiger partial charge in [0.25, 0.3) is 10.0 Å². The summed E-state index contributed by atoms with van der Waals surface area (Å²) < 4.78 is 37.1. The third-order valence-electron chi connectivity index (χ3n) is 3.09. The molecule has 2 aromatic rings. The van der Waals surface area contributed by atoms with E-state index in [2.05, 4.69) is 4.72 Å². The van der Waals surface area contributed by atoms with Crippen LogP contribution in [0, 0.1) is 25.2 Å². The average Bonchev–Trinajstić information content (AvgIpc) is 2.72. The number of ether oxygens (including phenoxy) is 1. The second-order valence-electron chi connectivity index (χ2n) is 4.38. The van der Waals surface area contributed by atoms with E-state index in [1.165, 1.54) is 19.2 Å². The molecule has 1 aromatic heterocycles. The van der Waals surface area contributed by atoms with Crippen molar-refractivity contribution < 1.29 is 17.6 Å². The Bertz CT molecular complexity index is 799. The van der Waals surface area contributed by atoms with E-state index >= 15 is 0 Å². The summed E-state index contributed by atoms with van der Waals surface area (Å²) >= 11 is 0. The minimum atomic E-state index is -3.82. The maximum atomic E-state index is 12.3. The number of furan rings is 1. The first-order valence-electron chi connectivity index (χ1n) is 6.06. The van der Waals surface area contributed by atoms with Crippen molar-refractivity contribution in [3.05, 3.63) is 41.2 Å². The Morgan fingerprint density at radius 3 is 2.38 bits per heavy atom. The van der Waals surface area contributed by atoms with Gasteiger partial charge in [0.15, 0.2) is 0 Å². The second kappa shape index (κ2) is 5.50. The molecule has 0 fully saturated rings. The molecule has 110 valence electrons. The van der Waals surface area contributed by atoms with Gasteiger partial charge in [0, 0.05) is 5.56 Å². The fraction of sp³-hybridized carbons (Fsp3) is 0.214. The van der Waals surface area contributed by atoms with Gasteiger partial charge in [0.1, 0.15) is 23.1 Å². The molecule has 7 heteroatoms. The van der Waals surface area contributed by atoms with Crippen LogP contribution in [0.1, 0.15) is 16.9 Å². The third-order valence-corrected chi connectivity index (χ3v) is 4.44. The van der Waals surface area contributed by atoms with Gasteiger partial charge in [-0.2, -0.15) is 5.26 Å². The average molecular weight is 306 g/mol. The molecule has 0 aliphatic rings. The maximum absolute atomic E-state index is 12.3. The highest BCUT2D eigenvalue weighted by molar-refractivity contribution is 7.92. The molecule has 0 spiro atoms. The van der Waals surface area contributed by atoms with E-state index in [4.69, 9.17) is 14.4 Å². The van der Waals surface area contributed by atoms with Gasteiger partial charge >= 0.3 is 0 Å². The van der Waals surface area contributed by atoms with Gasteiger partial charge in [0.05, 0.1) is 12.0 Å². The van der Waals surface area contributed by atoms with Gasteiger partial charge in [-0.25, -0.2) is 13.1 Å². The smallest absolute Gasteiger partial charge is 0.264 e. The number of nitrogens with zero attached hydrogens (tertiary/aromatic N) is 1. The van der Waals surface area contributed by atoms with E-state index in [0.717, 1.165) is 0 Å². The number of nitrogens with one attached hydrogen (secondary N) is 1. The quantitative estimate of drug-likeness (QED) is 0.937. The summed E-state index contributed by atoms with van der Waals surface area (Å²) in [4.78, 5) is 0.0545. The number of anilines is 1. The standard InChI is InChI=1S/C14H14N2O4S/c1-9-10(2)20-14(13(9)8-15)16-21(17,18)12-6-4-11(19-3)5-7-12/h4-7,16H,1-3H3. The molecule has 0 aliphatic carbocycles. The molecule has 1 aromatic carbocycles. The van der Waals surface area contributed by atoms with Crippen LogP contribution >= 0.6 is 0 Å². The Labute approximate surface area is 123 Å². The van der Waals surface area contributed by atoms with E-state index in [0.29, 0.717) is 17.1 Å². The van der Waals surface area contributed by atoms with Crippen molar-refractivity contribution in [2.24, 2.45) is 0 Å². The summed E-state index contributed by atoms with van der Waals surface area (Å²) in [6, 6.07) is 7.84. The lowest BCUT2D eigenvalue weighted by Crippen LogP contribution is -2.13. The summed E-state index contributed by atoms with van der Waals surface area (Å²) in [5.41, 5.74) is 0.800. The van der Waals surface area contributed by atoms with Crippen molar-refractivity contribution >= 4 is 15.9 Å². The molecule has 0 saturated heterocycles. The molecular formula is C14H14N2O4S. The Balaban J connectivity index is 2.37. The summed E-state index contributed by atoms with van der Waals surface area (Å²) in [6.07, 6.45) is 0. The fourth-order valence-electron chi connectivity index (χ4n) is 1.77. The number of rotatable bonds is 4. The molecule has 0 radical (unpaired) electrons. The first-order chi connectivity index (χ1) is 9.89. The van der Waals surface area contributed by atoms with Gasteiger partial charge in [-0.15, -0.1) is 0 Å². The number of hydrogen-bond donors (Lipinski definition) is 1. The van der Waals surface area contributed by atoms with E-state index in [1.807, 2.05) is 6.07 Å². The van der Waals surface area contributed by atoms with Crippen LogP contribution in [0.25, 0.3) is 0 Å². The van der Waals surface area contributed by atoms with E-state index in [-0.39, 0.29) is 16.3 Å². The minimum Gasteiger partial charge on any atom is -0.497 e. The van der Waals surface area contributed by atoms with E-state index < -0.39 is 10.0 Å². The molecule has 2 rings (SSSR count). The number of benzene rings is 1. The number of sulfonamides is 1. The summed E-state index contributed by atoms with van der Waals surface area (Å²) in [5.74, 6) is 0.985. The van der Waals surface area contributed by atoms with Crippen molar-refractivity contribution in [3.8, 4) is 11.8 Å². The van der Waals surface area contributed by atoms with Gasteiger partial charge in [0.2, 0.25) is 5.88 Å². The van der Waals surface area contributed by atoms with Crippen LogP contribution in [0.5, 0.6) is 5.75 Å². The van der Waals surface area contributed by atoms with Crippen LogP contribution in [-0.2, 0) is 10.0 Å². The first kappa shape index (κ1) is 14.9. The molecule has 1 heterocycles. The third kappa shape index (κ3) is 2.85. The predicted molar refractivity (Wildman–Crippen MR) is 76.7 cm³/mol. The fourth-order valence-corrected chi connectivity index (χ4v) is 2.77. The zero-order valence-corrected chi connectivity index (χ0v) is 12.6. The molecule has 0 unspecified atom stereocenters. The summed E-state index contributed by atoms with van der Waals surface area (Å²) in [6.45, 7) is 3.37.